The van der Waals surface area contributed by atoms with Crippen LogP contribution in [0.5, 0.6) is 5.75 Å². The van der Waals surface area contributed by atoms with Crippen LogP contribution in [0.3, 0.4) is 0 Å². The van der Waals surface area contributed by atoms with Gasteiger partial charge >= 0.3 is 0 Å². The minimum absolute atomic E-state index is 0.101. The molecule has 2 rings (SSSR count). The van der Waals surface area contributed by atoms with Crippen LogP contribution in [0.2, 0.25) is 0 Å². The van der Waals surface area contributed by atoms with Crippen molar-refractivity contribution in [3.8, 4) is 5.75 Å². The average Bonchev–Trinajstić information content (AvgIpc) is 2.71. The Balaban J connectivity index is 1.87. The van der Waals surface area contributed by atoms with Crippen molar-refractivity contribution in [2.24, 2.45) is 5.92 Å². The summed E-state index contributed by atoms with van der Waals surface area (Å²) < 4.78 is 5.46. The largest absolute Gasteiger partial charge is 0.494 e. The molecule has 0 radical (unpaired) electrons. The lowest BCUT2D eigenvalue weighted by Crippen LogP contribution is -2.41. The number of hydrogen-bond acceptors (Lipinski definition) is 4. The molecule has 148 valence electrons. The first-order valence-electron chi connectivity index (χ1n) is 9.15. The van der Waals surface area contributed by atoms with Crippen LogP contribution in [0.4, 0.5) is 5.69 Å². The quantitative estimate of drug-likeness (QED) is 0.640. The summed E-state index contributed by atoms with van der Waals surface area (Å²) in [6.07, 6.45) is 0.902. The second-order valence-corrected chi connectivity index (χ2v) is 6.50. The topological polar surface area (TPSA) is 96.5 Å². The number of nitrogens with one attached hydrogen (secondary N) is 3. The molecule has 0 aliphatic rings. The van der Waals surface area contributed by atoms with E-state index in [-0.39, 0.29) is 11.8 Å². The van der Waals surface area contributed by atoms with Crippen molar-refractivity contribution in [3.05, 3.63) is 59.7 Å². The number of hydrazine groups is 1. The van der Waals surface area contributed by atoms with Gasteiger partial charge in [0.25, 0.3) is 11.8 Å². The molecule has 0 fully saturated rings. The standard InChI is InChI=1S/C21H25N3O4/c1-4-13-28-18-11-7-16(8-12-18)21(27)24-23-20(26)15-5-9-17(10-6-15)22-19(25)14(2)3/h5-12,14H,4,13H2,1-3H3,(H,22,25)(H,23,26)(H,24,27). The molecule has 3 N–H and O–H groups in total. The van der Waals surface area contributed by atoms with E-state index >= 15 is 0 Å². The molecule has 0 aromatic heterocycles. The van der Waals surface area contributed by atoms with Crippen molar-refractivity contribution < 1.29 is 19.1 Å². The lowest BCUT2D eigenvalue weighted by molar-refractivity contribution is -0.118. The maximum atomic E-state index is 12.2. The van der Waals surface area contributed by atoms with Crippen LogP contribution in [0, 0.1) is 5.92 Å². The molecule has 7 nitrogen and oxygen atoms in total. The second kappa shape index (κ2) is 10.1. The Labute approximate surface area is 164 Å². The molecule has 3 amide bonds. The minimum atomic E-state index is -0.460. The molecule has 0 bridgehead atoms. The van der Waals surface area contributed by atoms with Crippen LogP contribution in [0.1, 0.15) is 47.9 Å². The Hall–Kier alpha value is -3.35. The number of rotatable bonds is 7. The van der Waals surface area contributed by atoms with Crippen LogP contribution in [0.15, 0.2) is 48.5 Å². The summed E-state index contributed by atoms with van der Waals surface area (Å²) in [5.74, 6) is -0.442. The highest BCUT2D eigenvalue weighted by atomic mass is 16.5. The van der Waals surface area contributed by atoms with Gasteiger partial charge in [-0.3, -0.25) is 25.2 Å². The molecule has 0 heterocycles. The summed E-state index contributed by atoms with van der Waals surface area (Å²) in [4.78, 5) is 36.0. The van der Waals surface area contributed by atoms with Crippen molar-refractivity contribution in [2.45, 2.75) is 27.2 Å². The summed E-state index contributed by atoms with van der Waals surface area (Å²) in [5.41, 5.74) is 6.09. The monoisotopic (exact) mass is 383 g/mol. The van der Waals surface area contributed by atoms with Crippen LogP contribution < -0.4 is 20.9 Å². The van der Waals surface area contributed by atoms with Crippen LogP contribution in [-0.2, 0) is 4.79 Å². The van der Waals surface area contributed by atoms with Gasteiger partial charge in [-0.15, -0.1) is 0 Å². The van der Waals surface area contributed by atoms with Crippen LogP contribution in [0.25, 0.3) is 0 Å². The molecular weight excluding hydrogens is 358 g/mol. The SMILES string of the molecule is CCCOc1ccc(C(=O)NNC(=O)c2ccc(NC(=O)C(C)C)cc2)cc1. The first-order valence-corrected chi connectivity index (χ1v) is 9.15. The van der Waals surface area contributed by atoms with E-state index in [9.17, 15) is 14.4 Å². The van der Waals surface area contributed by atoms with E-state index in [2.05, 4.69) is 16.2 Å². The predicted molar refractivity (Wildman–Crippen MR) is 107 cm³/mol. The first kappa shape index (κ1) is 21.0. The van der Waals surface area contributed by atoms with Gasteiger partial charge in [-0.2, -0.15) is 0 Å². The fraction of sp³-hybridized carbons (Fsp3) is 0.286. The molecule has 0 saturated heterocycles. The van der Waals surface area contributed by atoms with Crippen LogP contribution in [-0.4, -0.2) is 24.3 Å². The van der Waals surface area contributed by atoms with Crippen molar-refractivity contribution in [2.75, 3.05) is 11.9 Å². The van der Waals surface area contributed by atoms with Crippen molar-refractivity contribution in [3.63, 3.8) is 0 Å². The Morgan fingerprint density at radius 2 is 1.36 bits per heavy atom. The van der Waals surface area contributed by atoms with E-state index in [1.807, 2.05) is 6.92 Å². The summed E-state index contributed by atoms with van der Waals surface area (Å²) in [5, 5.41) is 2.75. The molecule has 28 heavy (non-hydrogen) atoms. The maximum absolute atomic E-state index is 12.2. The molecule has 0 spiro atoms. The molecule has 0 atom stereocenters. The number of benzene rings is 2. The number of anilines is 1. The Morgan fingerprint density at radius 1 is 0.857 bits per heavy atom. The van der Waals surface area contributed by atoms with Crippen molar-refractivity contribution in [1.82, 2.24) is 10.9 Å². The predicted octanol–water partition coefficient (Wildman–Crippen LogP) is 3.14. The fourth-order valence-corrected chi connectivity index (χ4v) is 2.17. The first-order chi connectivity index (χ1) is 13.4. The Bertz CT molecular complexity index is 815. The number of carbonyl (C=O) groups excluding carboxylic acids is 3. The van der Waals surface area contributed by atoms with Gasteiger partial charge in [0.2, 0.25) is 5.91 Å². The zero-order valence-electron chi connectivity index (χ0n) is 16.2. The Kier molecular flexibility index (Phi) is 7.56. The molecule has 2 aromatic carbocycles. The molecular formula is C21H25N3O4. The molecule has 7 heteroatoms. The summed E-state index contributed by atoms with van der Waals surface area (Å²) >= 11 is 0. The lowest BCUT2D eigenvalue weighted by Gasteiger charge is -2.10. The highest BCUT2D eigenvalue weighted by Gasteiger charge is 2.11. The van der Waals surface area contributed by atoms with Crippen LogP contribution >= 0.6 is 0 Å². The third kappa shape index (κ3) is 6.12. The van der Waals surface area contributed by atoms with Gasteiger partial charge in [0, 0.05) is 22.7 Å². The smallest absolute Gasteiger partial charge is 0.269 e. The lowest BCUT2D eigenvalue weighted by atomic mass is 10.1. The summed E-state index contributed by atoms with van der Waals surface area (Å²) in [6.45, 7) is 6.22. The van der Waals surface area contributed by atoms with Gasteiger partial charge in [-0.1, -0.05) is 20.8 Å². The molecule has 0 saturated carbocycles. The van der Waals surface area contributed by atoms with Crippen molar-refractivity contribution in [1.29, 1.82) is 0 Å². The number of ether oxygens (including phenoxy) is 1. The maximum Gasteiger partial charge on any atom is 0.269 e. The third-order valence-corrected chi connectivity index (χ3v) is 3.82. The van der Waals surface area contributed by atoms with E-state index in [0.29, 0.717) is 29.2 Å². The normalized spacial score (nSPS) is 10.3. The highest BCUT2D eigenvalue weighted by Crippen LogP contribution is 2.13. The van der Waals surface area contributed by atoms with E-state index in [0.717, 1.165) is 6.42 Å². The van der Waals surface area contributed by atoms with Gasteiger partial charge in [0.1, 0.15) is 5.75 Å². The number of carbonyl (C=O) groups is 3. The van der Waals surface area contributed by atoms with E-state index in [1.54, 1.807) is 62.4 Å². The summed E-state index contributed by atoms with van der Waals surface area (Å²) in [6, 6.07) is 13.1. The van der Waals surface area contributed by atoms with Crippen molar-refractivity contribution >= 4 is 23.4 Å². The minimum Gasteiger partial charge on any atom is -0.494 e. The van der Waals surface area contributed by atoms with E-state index < -0.39 is 11.8 Å². The number of amides is 3. The zero-order chi connectivity index (χ0) is 20.5. The van der Waals surface area contributed by atoms with Gasteiger partial charge in [0.15, 0.2) is 0 Å². The third-order valence-electron chi connectivity index (χ3n) is 3.82. The average molecular weight is 383 g/mol. The molecule has 0 aliphatic carbocycles. The molecule has 0 aliphatic heterocycles. The molecule has 0 unspecified atom stereocenters. The number of hydrogen-bond donors (Lipinski definition) is 3. The van der Waals surface area contributed by atoms with Gasteiger partial charge in [-0.25, -0.2) is 0 Å². The van der Waals surface area contributed by atoms with Gasteiger partial charge in [-0.05, 0) is 55.0 Å². The molecule has 2 aromatic rings. The second-order valence-electron chi connectivity index (χ2n) is 6.50. The van der Waals surface area contributed by atoms with E-state index in [4.69, 9.17) is 4.74 Å². The van der Waals surface area contributed by atoms with E-state index in [1.165, 1.54) is 0 Å². The van der Waals surface area contributed by atoms with Gasteiger partial charge in [0.05, 0.1) is 6.61 Å². The van der Waals surface area contributed by atoms with Gasteiger partial charge < -0.3 is 10.1 Å². The summed E-state index contributed by atoms with van der Waals surface area (Å²) in [7, 11) is 0. The highest BCUT2D eigenvalue weighted by molar-refractivity contribution is 5.99. The zero-order valence-corrected chi connectivity index (χ0v) is 16.2. The fourth-order valence-electron chi connectivity index (χ4n) is 2.17. The Morgan fingerprint density at radius 3 is 1.82 bits per heavy atom.